The molecule has 102 valence electrons. The monoisotopic (exact) mass is 266 g/mol. The maximum Gasteiger partial charge on any atom is 0.0331 e. The van der Waals surface area contributed by atoms with E-state index in [1.165, 1.54) is 30.7 Å². The van der Waals surface area contributed by atoms with Crippen LogP contribution in [0.5, 0.6) is 0 Å². The van der Waals surface area contributed by atoms with Crippen LogP contribution in [0.15, 0.2) is 17.5 Å². The van der Waals surface area contributed by atoms with Crippen LogP contribution in [0, 0.1) is 0 Å². The normalized spacial score (nSPS) is 16.4. The molecule has 1 aliphatic carbocycles. The van der Waals surface area contributed by atoms with Crippen LogP contribution >= 0.6 is 11.3 Å². The molecule has 1 fully saturated rings. The molecule has 0 unspecified atom stereocenters. The lowest BCUT2D eigenvalue weighted by atomic mass is 10.0. The molecule has 0 radical (unpaired) electrons. The lowest BCUT2D eigenvalue weighted by molar-refractivity contribution is 0.241. The zero-order chi connectivity index (χ0) is 13.0. The Hall–Kier alpha value is -0.380. The van der Waals surface area contributed by atoms with Crippen LogP contribution in [0.1, 0.15) is 44.9 Å². The van der Waals surface area contributed by atoms with Gasteiger partial charge >= 0.3 is 0 Å². The van der Waals surface area contributed by atoms with E-state index in [4.69, 9.17) is 0 Å². The largest absolute Gasteiger partial charge is 0.311 e. The van der Waals surface area contributed by atoms with Crippen molar-refractivity contribution in [2.45, 2.75) is 58.2 Å². The molecular formula is C15H26N2S. The van der Waals surface area contributed by atoms with Crippen molar-refractivity contribution in [1.82, 2.24) is 10.2 Å². The number of nitrogens with one attached hydrogen (secondary N) is 1. The zero-order valence-corrected chi connectivity index (χ0v) is 12.7. The summed E-state index contributed by atoms with van der Waals surface area (Å²) in [7, 11) is 0. The molecule has 2 nitrogen and oxygen atoms in total. The standard InChI is InChI=1S/C15H26N2S/c1-4-15(2,3)16-9-10-17(13-7-8-13)12-14-6-5-11-18-14/h5-6,11,13,16H,4,7-10,12H2,1-3H3. The molecule has 1 aromatic heterocycles. The first-order valence-electron chi connectivity index (χ1n) is 7.12. The van der Waals surface area contributed by atoms with Gasteiger partial charge in [-0.25, -0.2) is 0 Å². The van der Waals surface area contributed by atoms with Gasteiger partial charge in [0, 0.05) is 36.1 Å². The summed E-state index contributed by atoms with van der Waals surface area (Å²) in [5, 5.41) is 5.84. The summed E-state index contributed by atoms with van der Waals surface area (Å²) >= 11 is 1.88. The number of hydrogen-bond acceptors (Lipinski definition) is 3. The zero-order valence-electron chi connectivity index (χ0n) is 11.9. The van der Waals surface area contributed by atoms with Gasteiger partial charge in [-0.3, -0.25) is 4.90 Å². The number of rotatable bonds is 8. The molecule has 2 rings (SSSR count). The highest BCUT2D eigenvalue weighted by Gasteiger charge is 2.29. The van der Waals surface area contributed by atoms with Gasteiger partial charge in [-0.2, -0.15) is 0 Å². The first-order chi connectivity index (χ1) is 8.61. The fourth-order valence-corrected chi connectivity index (χ4v) is 2.83. The molecule has 0 spiro atoms. The van der Waals surface area contributed by atoms with Gasteiger partial charge < -0.3 is 5.32 Å². The third kappa shape index (κ3) is 4.38. The minimum atomic E-state index is 0.276. The number of hydrogen-bond donors (Lipinski definition) is 1. The SMILES string of the molecule is CCC(C)(C)NCCN(Cc1cccs1)C1CC1. The molecule has 1 heterocycles. The van der Waals surface area contributed by atoms with Crippen LogP contribution < -0.4 is 5.32 Å². The number of nitrogens with zero attached hydrogens (tertiary/aromatic N) is 1. The second-order valence-corrected chi connectivity index (χ2v) is 6.98. The smallest absolute Gasteiger partial charge is 0.0331 e. The van der Waals surface area contributed by atoms with Gasteiger partial charge in [0.2, 0.25) is 0 Å². The van der Waals surface area contributed by atoms with Gasteiger partial charge in [0.15, 0.2) is 0 Å². The third-order valence-electron chi connectivity index (χ3n) is 3.89. The van der Waals surface area contributed by atoms with Crippen LogP contribution in [0.2, 0.25) is 0 Å². The van der Waals surface area contributed by atoms with E-state index in [0.29, 0.717) is 0 Å². The Morgan fingerprint density at radius 3 is 2.78 bits per heavy atom. The molecule has 0 aromatic carbocycles. The van der Waals surface area contributed by atoms with Crippen molar-refractivity contribution in [1.29, 1.82) is 0 Å². The van der Waals surface area contributed by atoms with Crippen molar-refractivity contribution in [2.75, 3.05) is 13.1 Å². The maximum absolute atomic E-state index is 3.66. The summed E-state index contributed by atoms with van der Waals surface area (Å²) in [4.78, 5) is 4.14. The summed E-state index contributed by atoms with van der Waals surface area (Å²) in [6, 6.07) is 5.26. The molecule has 18 heavy (non-hydrogen) atoms. The van der Waals surface area contributed by atoms with Crippen LogP contribution in [-0.2, 0) is 6.54 Å². The summed E-state index contributed by atoms with van der Waals surface area (Å²) in [5.74, 6) is 0. The summed E-state index contributed by atoms with van der Waals surface area (Å²) in [6.07, 6.45) is 3.96. The Balaban J connectivity index is 1.77. The Bertz CT molecular complexity index is 341. The van der Waals surface area contributed by atoms with E-state index >= 15 is 0 Å². The topological polar surface area (TPSA) is 15.3 Å². The molecule has 0 atom stereocenters. The third-order valence-corrected chi connectivity index (χ3v) is 4.75. The van der Waals surface area contributed by atoms with Crippen LogP contribution in [0.25, 0.3) is 0 Å². The molecule has 3 heteroatoms. The minimum absolute atomic E-state index is 0.276. The second kappa shape index (κ2) is 6.18. The quantitative estimate of drug-likeness (QED) is 0.775. The predicted octanol–water partition coefficient (Wildman–Crippen LogP) is 3.49. The fraction of sp³-hybridized carbons (Fsp3) is 0.733. The Morgan fingerprint density at radius 2 is 2.22 bits per heavy atom. The van der Waals surface area contributed by atoms with Crippen molar-refractivity contribution in [3.63, 3.8) is 0 Å². The van der Waals surface area contributed by atoms with Gasteiger partial charge in [0.05, 0.1) is 0 Å². The molecule has 0 saturated heterocycles. The van der Waals surface area contributed by atoms with Crippen LogP contribution in [-0.4, -0.2) is 29.6 Å². The fourth-order valence-electron chi connectivity index (χ4n) is 2.10. The average Bonchev–Trinajstić information content (AvgIpc) is 3.07. The summed E-state index contributed by atoms with van der Waals surface area (Å²) < 4.78 is 0. The van der Waals surface area contributed by atoms with Crippen molar-refractivity contribution in [3.8, 4) is 0 Å². The Kier molecular flexibility index (Phi) is 4.82. The minimum Gasteiger partial charge on any atom is -0.311 e. The van der Waals surface area contributed by atoms with Crippen molar-refractivity contribution < 1.29 is 0 Å². The van der Waals surface area contributed by atoms with E-state index in [0.717, 1.165) is 19.1 Å². The van der Waals surface area contributed by atoms with Gasteiger partial charge in [-0.1, -0.05) is 13.0 Å². The first-order valence-corrected chi connectivity index (χ1v) is 8.00. The Morgan fingerprint density at radius 1 is 1.44 bits per heavy atom. The van der Waals surface area contributed by atoms with E-state index < -0.39 is 0 Å². The van der Waals surface area contributed by atoms with E-state index in [1.54, 1.807) is 0 Å². The second-order valence-electron chi connectivity index (χ2n) is 5.95. The van der Waals surface area contributed by atoms with E-state index in [2.05, 4.69) is 48.5 Å². The average molecular weight is 266 g/mol. The molecule has 1 aromatic rings. The van der Waals surface area contributed by atoms with Crippen molar-refractivity contribution >= 4 is 11.3 Å². The molecule has 1 saturated carbocycles. The summed E-state index contributed by atoms with van der Waals surface area (Å²) in [5.41, 5.74) is 0.276. The van der Waals surface area contributed by atoms with Gasteiger partial charge in [-0.05, 0) is 44.6 Å². The number of thiophene rings is 1. The van der Waals surface area contributed by atoms with Crippen LogP contribution in [0.4, 0.5) is 0 Å². The van der Waals surface area contributed by atoms with Crippen molar-refractivity contribution in [2.24, 2.45) is 0 Å². The van der Waals surface area contributed by atoms with E-state index in [1.807, 2.05) is 11.3 Å². The van der Waals surface area contributed by atoms with Gasteiger partial charge in [0.1, 0.15) is 0 Å². The maximum atomic E-state index is 3.66. The Labute approximate surface area is 115 Å². The molecule has 0 amide bonds. The van der Waals surface area contributed by atoms with Gasteiger partial charge in [-0.15, -0.1) is 11.3 Å². The molecule has 0 aliphatic heterocycles. The highest BCUT2D eigenvalue weighted by atomic mass is 32.1. The van der Waals surface area contributed by atoms with Crippen LogP contribution in [0.3, 0.4) is 0 Å². The first kappa shape index (κ1) is 14.0. The van der Waals surface area contributed by atoms with E-state index in [-0.39, 0.29) is 5.54 Å². The molecule has 0 bridgehead atoms. The lowest BCUT2D eigenvalue weighted by Gasteiger charge is -2.28. The van der Waals surface area contributed by atoms with Crippen molar-refractivity contribution in [3.05, 3.63) is 22.4 Å². The van der Waals surface area contributed by atoms with Gasteiger partial charge in [0.25, 0.3) is 0 Å². The lowest BCUT2D eigenvalue weighted by Crippen LogP contribution is -2.43. The molecule has 1 N–H and O–H groups in total. The molecule has 1 aliphatic rings. The summed E-state index contributed by atoms with van der Waals surface area (Å²) in [6.45, 7) is 10.2. The van der Waals surface area contributed by atoms with E-state index in [9.17, 15) is 0 Å². The molecular weight excluding hydrogens is 240 g/mol. The predicted molar refractivity (Wildman–Crippen MR) is 80.1 cm³/mol. The highest BCUT2D eigenvalue weighted by molar-refractivity contribution is 7.09. The highest BCUT2D eigenvalue weighted by Crippen LogP contribution is 2.28.